The number of rotatable bonds is 13. The molecule has 7 nitrogen and oxygen atoms in total. The van der Waals surface area contributed by atoms with Gasteiger partial charge >= 0.3 is 0 Å². The van der Waals surface area contributed by atoms with Crippen molar-refractivity contribution in [2.24, 2.45) is 0 Å². The van der Waals surface area contributed by atoms with E-state index in [1.165, 1.54) is 10.6 Å². The lowest BCUT2D eigenvalue weighted by Crippen LogP contribution is -2.51. The summed E-state index contributed by atoms with van der Waals surface area (Å²) < 4.78 is 26.9. The second-order valence-electron chi connectivity index (χ2n) is 11.0. The van der Waals surface area contributed by atoms with Crippen LogP contribution in [0.5, 0.6) is 0 Å². The smallest absolute Gasteiger partial charge is 0.243 e. The minimum Gasteiger partial charge on any atom is -0.352 e. The van der Waals surface area contributed by atoms with Crippen molar-refractivity contribution in [3.8, 4) is 0 Å². The van der Waals surface area contributed by atoms with E-state index in [1.807, 2.05) is 101 Å². The van der Waals surface area contributed by atoms with E-state index in [-0.39, 0.29) is 37.4 Å². The Morgan fingerprint density at radius 1 is 0.854 bits per heavy atom. The minimum absolute atomic E-state index is 0.0852. The average molecular weight is 578 g/mol. The molecule has 0 spiro atoms. The molecular formula is C33H43N3O4S. The number of benzene rings is 3. The van der Waals surface area contributed by atoms with Gasteiger partial charge in [0.15, 0.2) is 0 Å². The molecule has 220 valence electrons. The normalized spacial score (nSPS) is 12.2. The third-order valence-electron chi connectivity index (χ3n) is 7.17. The van der Waals surface area contributed by atoms with E-state index >= 15 is 0 Å². The third kappa shape index (κ3) is 9.18. The van der Waals surface area contributed by atoms with Crippen molar-refractivity contribution < 1.29 is 18.0 Å². The van der Waals surface area contributed by atoms with Crippen molar-refractivity contribution in [1.82, 2.24) is 10.2 Å². The fraction of sp³-hybridized carbons (Fsp3) is 0.394. The van der Waals surface area contributed by atoms with E-state index in [2.05, 4.69) is 5.32 Å². The number of nitrogens with zero attached hydrogens (tertiary/aromatic N) is 2. The Bertz CT molecular complexity index is 1420. The third-order valence-corrected chi connectivity index (χ3v) is 8.35. The summed E-state index contributed by atoms with van der Waals surface area (Å²) in [5.74, 6) is -0.405. The summed E-state index contributed by atoms with van der Waals surface area (Å²) in [7, 11) is -3.57. The molecule has 1 N–H and O–H groups in total. The standard InChI is InChI=1S/C33H43N3O4S/c1-24(2)34-33(38)31(22-28-13-8-7-9-14-28)35(23-29-19-17-25(3)18-20-29)32(37)16-11-21-36(41(6,39)40)30-15-10-12-26(4)27(30)5/h7-10,12-15,17-20,24,31H,11,16,21-23H2,1-6H3,(H,34,38). The van der Waals surface area contributed by atoms with Crippen molar-refractivity contribution in [3.63, 3.8) is 0 Å². The highest BCUT2D eigenvalue weighted by Gasteiger charge is 2.31. The van der Waals surface area contributed by atoms with Crippen molar-refractivity contribution >= 4 is 27.5 Å². The number of carbonyl (C=O) groups is 2. The molecule has 0 aliphatic heterocycles. The lowest BCUT2D eigenvalue weighted by atomic mass is 10.0. The number of sulfonamides is 1. The summed E-state index contributed by atoms with van der Waals surface area (Å²) in [5, 5.41) is 3.00. The Morgan fingerprint density at radius 3 is 2.12 bits per heavy atom. The first-order chi connectivity index (χ1) is 19.4. The van der Waals surface area contributed by atoms with Crippen LogP contribution in [-0.4, -0.2) is 50.0 Å². The highest BCUT2D eigenvalue weighted by Crippen LogP contribution is 2.26. The van der Waals surface area contributed by atoms with Gasteiger partial charge in [0.1, 0.15) is 6.04 Å². The van der Waals surface area contributed by atoms with Crippen LogP contribution < -0.4 is 9.62 Å². The van der Waals surface area contributed by atoms with Crippen LogP contribution in [0.25, 0.3) is 0 Å². The van der Waals surface area contributed by atoms with Gasteiger partial charge in [-0.25, -0.2) is 8.42 Å². The molecule has 0 aliphatic rings. The van der Waals surface area contributed by atoms with E-state index in [1.54, 1.807) is 11.0 Å². The summed E-state index contributed by atoms with van der Waals surface area (Å²) in [6.45, 7) is 10.1. The molecule has 0 aromatic heterocycles. The van der Waals surface area contributed by atoms with Crippen LogP contribution >= 0.6 is 0 Å². The molecule has 41 heavy (non-hydrogen) atoms. The second kappa shape index (κ2) is 14.3. The molecule has 1 unspecified atom stereocenters. The maximum Gasteiger partial charge on any atom is 0.243 e. The summed E-state index contributed by atoms with van der Waals surface area (Å²) in [5.41, 5.74) is 5.49. The minimum atomic E-state index is -3.57. The van der Waals surface area contributed by atoms with Crippen molar-refractivity contribution in [2.75, 3.05) is 17.1 Å². The first kappa shape index (κ1) is 31.9. The number of carbonyl (C=O) groups excluding carboxylic acids is 2. The topological polar surface area (TPSA) is 86.8 Å². The van der Waals surface area contributed by atoms with Crippen molar-refractivity contribution in [1.29, 1.82) is 0 Å². The maximum absolute atomic E-state index is 13.9. The predicted octanol–water partition coefficient (Wildman–Crippen LogP) is 5.32. The van der Waals surface area contributed by atoms with Crippen LogP contribution in [0, 0.1) is 20.8 Å². The molecule has 0 heterocycles. The summed E-state index contributed by atoms with van der Waals surface area (Å²) in [4.78, 5) is 29.1. The van der Waals surface area contributed by atoms with Gasteiger partial charge in [-0.1, -0.05) is 72.3 Å². The summed E-state index contributed by atoms with van der Waals surface area (Å²) >= 11 is 0. The van der Waals surface area contributed by atoms with Crippen LogP contribution in [0.4, 0.5) is 5.69 Å². The number of nitrogens with one attached hydrogen (secondary N) is 1. The molecule has 0 aliphatic carbocycles. The molecule has 3 aromatic carbocycles. The van der Waals surface area contributed by atoms with E-state index in [0.717, 1.165) is 27.8 Å². The monoisotopic (exact) mass is 577 g/mol. The SMILES string of the molecule is Cc1ccc(CN(C(=O)CCCN(c2cccc(C)c2C)S(C)(=O)=O)C(Cc2ccccc2)C(=O)NC(C)C)cc1. The van der Waals surface area contributed by atoms with Crippen LogP contribution in [-0.2, 0) is 32.6 Å². The zero-order valence-electron chi connectivity index (χ0n) is 25.1. The number of anilines is 1. The molecule has 0 radical (unpaired) electrons. The molecule has 8 heteroatoms. The Labute approximate surface area is 245 Å². The van der Waals surface area contributed by atoms with E-state index in [4.69, 9.17) is 0 Å². The maximum atomic E-state index is 13.9. The zero-order chi connectivity index (χ0) is 30.2. The van der Waals surface area contributed by atoms with Gasteiger partial charge in [-0.3, -0.25) is 13.9 Å². The van der Waals surface area contributed by atoms with Gasteiger partial charge < -0.3 is 10.2 Å². The largest absolute Gasteiger partial charge is 0.352 e. The van der Waals surface area contributed by atoms with Gasteiger partial charge in [-0.15, -0.1) is 0 Å². The predicted molar refractivity (Wildman–Crippen MR) is 166 cm³/mol. The number of aryl methyl sites for hydroxylation is 2. The molecule has 1 atom stereocenters. The molecule has 2 amide bonds. The molecule has 0 saturated heterocycles. The van der Waals surface area contributed by atoms with Crippen LogP contribution in [0.15, 0.2) is 72.8 Å². The number of hydrogen-bond acceptors (Lipinski definition) is 4. The van der Waals surface area contributed by atoms with Crippen LogP contribution in [0.3, 0.4) is 0 Å². The van der Waals surface area contributed by atoms with Gasteiger partial charge in [0.25, 0.3) is 0 Å². The van der Waals surface area contributed by atoms with Gasteiger partial charge in [-0.05, 0) is 69.4 Å². The zero-order valence-corrected chi connectivity index (χ0v) is 25.9. The molecule has 0 fully saturated rings. The highest BCUT2D eigenvalue weighted by atomic mass is 32.2. The summed E-state index contributed by atoms with van der Waals surface area (Å²) in [6, 6.07) is 22.4. The van der Waals surface area contributed by atoms with E-state index in [9.17, 15) is 18.0 Å². The van der Waals surface area contributed by atoms with Crippen LogP contribution in [0.1, 0.15) is 54.5 Å². The van der Waals surface area contributed by atoms with Gasteiger partial charge in [0, 0.05) is 32.0 Å². The molecule has 3 aromatic rings. The summed E-state index contributed by atoms with van der Waals surface area (Å²) in [6.07, 6.45) is 1.97. The van der Waals surface area contributed by atoms with Gasteiger partial charge in [0.05, 0.1) is 11.9 Å². The number of amides is 2. The van der Waals surface area contributed by atoms with Crippen molar-refractivity contribution in [3.05, 3.63) is 101 Å². The van der Waals surface area contributed by atoms with Gasteiger partial charge in [-0.2, -0.15) is 0 Å². The Balaban J connectivity index is 1.89. The Morgan fingerprint density at radius 2 is 1.51 bits per heavy atom. The molecule has 0 saturated carbocycles. The lowest BCUT2D eigenvalue weighted by Gasteiger charge is -2.32. The lowest BCUT2D eigenvalue weighted by molar-refractivity contribution is -0.141. The van der Waals surface area contributed by atoms with Crippen LogP contribution in [0.2, 0.25) is 0 Å². The first-order valence-corrected chi connectivity index (χ1v) is 15.9. The number of hydrogen-bond donors (Lipinski definition) is 1. The molecular weight excluding hydrogens is 534 g/mol. The van der Waals surface area contributed by atoms with E-state index < -0.39 is 16.1 Å². The Kier molecular flexibility index (Phi) is 11.1. The van der Waals surface area contributed by atoms with Gasteiger partial charge in [0.2, 0.25) is 21.8 Å². The molecule has 0 bridgehead atoms. The quantitative estimate of drug-likeness (QED) is 0.298. The fourth-order valence-corrected chi connectivity index (χ4v) is 5.83. The first-order valence-electron chi connectivity index (χ1n) is 14.1. The molecule has 3 rings (SSSR count). The fourth-order valence-electron chi connectivity index (χ4n) is 4.81. The Hall–Kier alpha value is -3.65. The second-order valence-corrected chi connectivity index (χ2v) is 12.9. The van der Waals surface area contributed by atoms with Crippen molar-refractivity contribution in [2.45, 2.75) is 72.5 Å². The highest BCUT2D eigenvalue weighted by molar-refractivity contribution is 7.92. The average Bonchev–Trinajstić information content (AvgIpc) is 2.91. The van der Waals surface area contributed by atoms with E-state index in [0.29, 0.717) is 18.5 Å².